The highest BCUT2D eigenvalue weighted by molar-refractivity contribution is 8.18. The van der Waals surface area contributed by atoms with E-state index in [2.05, 4.69) is 27.3 Å². The average Bonchev–Trinajstić information content (AvgIpc) is 3.20. The van der Waals surface area contributed by atoms with Crippen molar-refractivity contribution in [1.82, 2.24) is 5.32 Å². The first kappa shape index (κ1) is 21.3. The monoisotopic (exact) mass is 457 g/mol. The molecule has 0 aromatic heterocycles. The number of amides is 1. The maximum absolute atomic E-state index is 12.4. The molecule has 2 fully saturated rings. The Balaban J connectivity index is 1.23. The van der Waals surface area contributed by atoms with Crippen LogP contribution in [0, 0.1) is 0 Å². The highest BCUT2D eigenvalue weighted by Gasteiger charge is 2.23. The number of thioether (sulfide) groups is 1. The van der Waals surface area contributed by atoms with Crippen molar-refractivity contribution in [3.05, 3.63) is 89.3 Å². The largest absolute Gasteiger partial charge is 0.457 e. The standard InChI is InChI=1S/C26H23N3O3S/c30-25-24(18-19-6-10-21(11-7-19)29-14-16-31-17-15-29)33-26(28-25)27-20-8-12-23(13-9-20)32-22-4-2-1-3-5-22/h1-13,18H,14-17H2,(H,27,28,30)/b24-18+. The number of hydrogen-bond donors (Lipinski definition) is 1. The molecule has 0 radical (unpaired) electrons. The quantitative estimate of drug-likeness (QED) is 0.533. The van der Waals surface area contributed by atoms with Crippen molar-refractivity contribution in [2.45, 2.75) is 0 Å². The van der Waals surface area contributed by atoms with Gasteiger partial charge in [-0.3, -0.25) is 4.79 Å². The van der Waals surface area contributed by atoms with Crippen LogP contribution < -0.4 is 15.0 Å². The lowest BCUT2D eigenvalue weighted by Crippen LogP contribution is -2.36. The van der Waals surface area contributed by atoms with Crippen LogP contribution >= 0.6 is 11.8 Å². The molecule has 5 rings (SSSR count). The van der Waals surface area contributed by atoms with Crippen molar-refractivity contribution in [3.63, 3.8) is 0 Å². The van der Waals surface area contributed by atoms with E-state index in [1.807, 2.05) is 72.8 Å². The van der Waals surface area contributed by atoms with Crippen molar-refractivity contribution in [2.75, 3.05) is 31.2 Å². The van der Waals surface area contributed by atoms with Gasteiger partial charge in [-0.15, -0.1) is 0 Å². The van der Waals surface area contributed by atoms with Crippen molar-refractivity contribution >= 4 is 40.3 Å². The second-order valence-corrected chi connectivity index (χ2v) is 8.61. The van der Waals surface area contributed by atoms with Crippen molar-refractivity contribution in [2.24, 2.45) is 4.99 Å². The normalized spacial score (nSPS) is 18.5. The van der Waals surface area contributed by atoms with E-state index < -0.39 is 0 Å². The lowest BCUT2D eigenvalue weighted by Gasteiger charge is -2.28. The van der Waals surface area contributed by atoms with Gasteiger partial charge >= 0.3 is 0 Å². The third-order valence-electron chi connectivity index (χ3n) is 5.26. The zero-order valence-electron chi connectivity index (χ0n) is 17.9. The fourth-order valence-corrected chi connectivity index (χ4v) is 4.41. The Bertz CT molecular complexity index is 1170. The van der Waals surface area contributed by atoms with Crippen LogP contribution in [0.15, 0.2) is 88.8 Å². The van der Waals surface area contributed by atoms with Crippen LogP contribution in [0.5, 0.6) is 11.5 Å². The summed E-state index contributed by atoms with van der Waals surface area (Å²) >= 11 is 1.34. The maximum atomic E-state index is 12.4. The Labute approximate surface area is 196 Å². The minimum Gasteiger partial charge on any atom is -0.457 e. The summed E-state index contributed by atoms with van der Waals surface area (Å²) in [7, 11) is 0. The molecule has 2 saturated heterocycles. The fourth-order valence-electron chi connectivity index (χ4n) is 3.57. The predicted molar refractivity (Wildman–Crippen MR) is 133 cm³/mol. The maximum Gasteiger partial charge on any atom is 0.264 e. The van der Waals surface area contributed by atoms with Crippen LogP contribution in [0.4, 0.5) is 11.4 Å². The first-order chi connectivity index (χ1) is 16.2. The Morgan fingerprint density at radius 1 is 0.909 bits per heavy atom. The average molecular weight is 458 g/mol. The van der Waals surface area contributed by atoms with E-state index in [-0.39, 0.29) is 5.91 Å². The number of morpholine rings is 1. The van der Waals surface area contributed by atoms with Crippen LogP contribution in [0.3, 0.4) is 0 Å². The highest BCUT2D eigenvalue weighted by Crippen LogP contribution is 2.30. The molecular weight excluding hydrogens is 434 g/mol. The number of amidine groups is 1. The summed E-state index contributed by atoms with van der Waals surface area (Å²) in [5.74, 6) is 1.37. The van der Waals surface area contributed by atoms with Crippen LogP contribution in [0.1, 0.15) is 5.56 Å². The van der Waals surface area contributed by atoms with Gasteiger partial charge in [-0.25, -0.2) is 4.99 Å². The molecule has 0 aliphatic carbocycles. The fraction of sp³-hybridized carbons (Fsp3) is 0.154. The van der Waals surface area contributed by atoms with Crippen LogP contribution in [-0.4, -0.2) is 37.4 Å². The first-order valence-corrected chi connectivity index (χ1v) is 11.6. The van der Waals surface area contributed by atoms with E-state index in [0.29, 0.717) is 10.1 Å². The van der Waals surface area contributed by atoms with Crippen molar-refractivity contribution in [1.29, 1.82) is 0 Å². The molecule has 1 N–H and O–H groups in total. The molecule has 166 valence electrons. The summed E-state index contributed by atoms with van der Waals surface area (Å²) in [5, 5.41) is 3.41. The van der Waals surface area contributed by atoms with Gasteiger partial charge in [0.15, 0.2) is 5.17 Å². The number of rotatable bonds is 5. The van der Waals surface area contributed by atoms with Crippen LogP contribution in [0.25, 0.3) is 6.08 Å². The SMILES string of the molecule is O=C1NC(=Nc2ccc(Oc3ccccc3)cc2)S/C1=C/c1ccc(N2CCOCC2)cc1. The van der Waals surface area contributed by atoms with E-state index in [9.17, 15) is 4.79 Å². The lowest BCUT2D eigenvalue weighted by atomic mass is 10.1. The number of anilines is 1. The van der Waals surface area contributed by atoms with Crippen LogP contribution in [-0.2, 0) is 9.53 Å². The summed E-state index contributed by atoms with van der Waals surface area (Å²) in [6.07, 6.45) is 1.89. The number of carbonyl (C=O) groups is 1. The molecule has 33 heavy (non-hydrogen) atoms. The molecule has 1 amide bonds. The van der Waals surface area contributed by atoms with Gasteiger partial charge in [0.1, 0.15) is 11.5 Å². The molecule has 6 nitrogen and oxygen atoms in total. The number of aliphatic imine (C=N–C) groups is 1. The number of para-hydroxylation sites is 1. The van der Waals surface area contributed by atoms with Gasteiger partial charge in [-0.2, -0.15) is 0 Å². The molecule has 2 aliphatic rings. The minimum absolute atomic E-state index is 0.139. The Hall–Kier alpha value is -3.55. The van der Waals surface area contributed by atoms with E-state index in [0.717, 1.165) is 49.1 Å². The Morgan fingerprint density at radius 2 is 1.61 bits per heavy atom. The van der Waals surface area contributed by atoms with Gasteiger partial charge < -0.3 is 19.7 Å². The topological polar surface area (TPSA) is 63.2 Å². The lowest BCUT2D eigenvalue weighted by molar-refractivity contribution is -0.115. The summed E-state index contributed by atoms with van der Waals surface area (Å²) in [6.45, 7) is 3.32. The number of nitrogens with zero attached hydrogens (tertiary/aromatic N) is 2. The van der Waals surface area contributed by atoms with Crippen molar-refractivity contribution < 1.29 is 14.3 Å². The number of nitrogens with one attached hydrogen (secondary N) is 1. The van der Waals surface area contributed by atoms with Crippen LogP contribution in [0.2, 0.25) is 0 Å². The number of benzene rings is 3. The molecule has 0 spiro atoms. The number of ether oxygens (including phenoxy) is 2. The molecule has 0 unspecified atom stereocenters. The number of hydrogen-bond acceptors (Lipinski definition) is 6. The molecule has 7 heteroatoms. The van der Waals surface area contributed by atoms with E-state index in [4.69, 9.17) is 9.47 Å². The number of carbonyl (C=O) groups excluding carboxylic acids is 1. The smallest absolute Gasteiger partial charge is 0.264 e. The molecule has 0 saturated carbocycles. The third kappa shape index (κ3) is 5.45. The Morgan fingerprint density at radius 3 is 2.33 bits per heavy atom. The van der Waals surface area contributed by atoms with Crippen molar-refractivity contribution in [3.8, 4) is 11.5 Å². The second-order valence-electron chi connectivity index (χ2n) is 7.58. The molecule has 2 aliphatic heterocycles. The molecule has 2 heterocycles. The summed E-state index contributed by atoms with van der Waals surface area (Å²) < 4.78 is 11.2. The van der Waals surface area contributed by atoms with E-state index in [1.54, 1.807) is 0 Å². The molecule has 3 aromatic rings. The van der Waals surface area contributed by atoms with Gasteiger partial charge in [0.05, 0.1) is 23.8 Å². The van der Waals surface area contributed by atoms with Gasteiger partial charge in [0, 0.05) is 18.8 Å². The summed E-state index contributed by atoms with van der Waals surface area (Å²) in [4.78, 5) is 19.9. The summed E-state index contributed by atoms with van der Waals surface area (Å²) in [5.41, 5.74) is 2.90. The van der Waals surface area contributed by atoms with Gasteiger partial charge in [-0.1, -0.05) is 30.3 Å². The predicted octanol–water partition coefficient (Wildman–Crippen LogP) is 5.21. The van der Waals surface area contributed by atoms with Gasteiger partial charge in [0.25, 0.3) is 5.91 Å². The first-order valence-electron chi connectivity index (χ1n) is 10.8. The zero-order valence-corrected chi connectivity index (χ0v) is 18.8. The molecular formula is C26H23N3O3S. The highest BCUT2D eigenvalue weighted by atomic mass is 32.2. The van der Waals surface area contributed by atoms with Gasteiger partial charge in [0.2, 0.25) is 0 Å². The van der Waals surface area contributed by atoms with Gasteiger partial charge in [-0.05, 0) is 71.9 Å². The Kier molecular flexibility index (Phi) is 6.41. The van der Waals surface area contributed by atoms with E-state index >= 15 is 0 Å². The molecule has 0 bridgehead atoms. The third-order valence-corrected chi connectivity index (χ3v) is 6.17. The summed E-state index contributed by atoms with van der Waals surface area (Å²) in [6, 6.07) is 25.3. The molecule has 0 atom stereocenters. The zero-order chi connectivity index (χ0) is 22.5. The minimum atomic E-state index is -0.139. The second kappa shape index (κ2) is 9.94. The molecule has 3 aromatic carbocycles. The van der Waals surface area contributed by atoms with E-state index in [1.165, 1.54) is 17.4 Å².